The first-order valence-corrected chi connectivity index (χ1v) is 5.66. The van der Waals surface area contributed by atoms with Gasteiger partial charge in [-0.15, -0.1) is 0 Å². The Kier molecular flexibility index (Phi) is 4.29. The van der Waals surface area contributed by atoms with Gasteiger partial charge in [-0.25, -0.2) is 0 Å². The van der Waals surface area contributed by atoms with Crippen molar-refractivity contribution >= 4 is 27.5 Å². The Morgan fingerprint density at radius 2 is 2.27 bits per heavy atom. The van der Waals surface area contributed by atoms with E-state index < -0.39 is 6.04 Å². The Morgan fingerprint density at radius 1 is 1.60 bits per heavy atom. The van der Waals surface area contributed by atoms with Crippen LogP contribution in [0.5, 0.6) is 0 Å². The van der Waals surface area contributed by atoms with Crippen molar-refractivity contribution in [3.63, 3.8) is 0 Å². The Labute approximate surface area is 98.2 Å². The molecule has 82 valence electrons. The summed E-state index contributed by atoms with van der Waals surface area (Å²) in [5.74, 6) is -0.136. The largest absolute Gasteiger partial charge is 0.324 e. The van der Waals surface area contributed by atoms with Gasteiger partial charge in [0, 0.05) is 10.2 Å². The van der Waals surface area contributed by atoms with E-state index in [1.165, 1.54) is 0 Å². The summed E-state index contributed by atoms with van der Waals surface area (Å²) in [6.07, 6.45) is 0.640. The standard InChI is InChI=1S/C11H15BrN2O/c1-3-9(13)11(15)14-10-5-4-8(12)6-7(10)2/h4-6,9H,3,13H2,1-2H3,(H,14,15)/t9-/m0/s1. The molecule has 0 aromatic heterocycles. The summed E-state index contributed by atoms with van der Waals surface area (Å²) < 4.78 is 0.998. The smallest absolute Gasteiger partial charge is 0.241 e. The van der Waals surface area contributed by atoms with Crippen LogP contribution < -0.4 is 11.1 Å². The normalized spacial score (nSPS) is 12.3. The SMILES string of the molecule is CC[C@H](N)C(=O)Nc1ccc(Br)cc1C. The number of hydrogen-bond donors (Lipinski definition) is 2. The lowest BCUT2D eigenvalue weighted by Gasteiger charge is -2.12. The summed E-state index contributed by atoms with van der Waals surface area (Å²) in [5.41, 5.74) is 7.45. The minimum Gasteiger partial charge on any atom is -0.324 e. The maximum absolute atomic E-state index is 11.5. The van der Waals surface area contributed by atoms with Crippen molar-refractivity contribution in [2.24, 2.45) is 5.73 Å². The molecule has 4 heteroatoms. The van der Waals surface area contributed by atoms with Crippen molar-refractivity contribution in [2.45, 2.75) is 26.3 Å². The molecule has 0 fully saturated rings. The highest BCUT2D eigenvalue weighted by Gasteiger charge is 2.11. The summed E-state index contributed by atoms with van der Waals surface area (Å²) in [7, 11) is 0. The Balaban J connectivity index is 2.77. The highest BCUT2D eigenvalue weighted by molar-refractivity contribution is 9.10. The van der Waals surface area contributed by atoms with Crippen LogP contribution in [0.2, 0.25) is 0 Å². The molecule has 0 radical (unpaired) electrons. The van der Waals surface area contributed by atoms with Crippen molar-refractivity contribution in [3.8, 4) is 0 Å². The fourth-order valence-electron chi connectivity index (χ4n) is 1.18. The third kappa shape index (κ3) is 3.32. The second-order valence-electron chi connectivity index (χ2n) is 3.46. The van der Waals surface area contributed by atoms with E-state index in [9.17, 15) is 4.79 Å². The number of rotatable bonds is 3. The average molecular weight is 271 g/mol. The van der Waals surface area contributed by atoms with Gasteiger partial charge in [0.05, 0.1) is 6.04 Å². The van der Waals surface area contributed by atoms with Crippen LogP contribution in [0.3, 0.4) is 0 Å². The van der Waals surface area contributed by atoms with Gasteiger partial charge in [0.2, 0.25) is 5.91 Å². The van der Waals surface area contributed by atoms with Crippen molar-refractivity contribution in [1.82, 2.24) is 0 Å². The van der Waals surface area contributed by atoms with E-state index in [0.717, 1.165) is 15.7 Å². The van der Waals surface area contributed by atoms with Crippen molar-refractivity contribution in [3.05, 3.63) is 28.2 Å². The number of benzene rings is 1. The van der Waals surface area contributed by atoms with Gasteiger partial charge in [-0.2, -0.15) is 0 Å². The highest BCUT2D eigenvalue weighted by atomic mass is 79.9. The molecule has 1 aromatic carbocycles. The maximum atomic E-state index is 11.5. The van der Waals surface area contributed by atoms with Crippen LogP contribution in [0.1, 0.15) is 18.9 Å². The van der Waals surface area contributed by atoms with Crippen LogP contribution >= 0.6 is 15.9 Å². The number of carbonyl (C=O) groups is 1. The van der Waals surface area contributed by atoms with E-state index in [1.807, 2.05) is 32.0 Å². The molecule has 1 rings (SSSR count). The Bertz CT molecular complexity index is 366. The average Bonchev–Trinajstić information content (AvgIpc) is 2.20. The molecule has 0 saturated heterocycles. The van der Waals surface area contributed by atoms with E-state index in [4.69, 9.17) is 5.73 Å². The zero-order valence-corrected chi connectivity index (χ0v) is 10.5. The number of carbonyl (C=O) groups excluding carboxylic acids is 1. The lowest BCUT2D eigenvalue weighted by atomic mass is 10.2. The first kappa shape index (κ1) is 12.2. The van der Waals surface area contributed by atoms with E-state index in [1.54, 1.807) is 0 Å². The number of hydrogen-bond acceptors (Lipinski definition) is 2. The molecular weight excluding hydrogens is 256 g/mol. The molecule has 0 unspecified atom stereocenters. The molecule has 0 aliphatic heterocycles. The topological polar surface area (TPSA) is 55.1 Å². The molecule has 3 N–H and O–H groups in total. The third-order valence-electron chi connectivity index (χ3n) is 2.22. The van der Waals surface area contributed by atoms with Gasteiger partial charge in [-0.1, -0.05) is 22.9 Å². The van der Waals surface area contributed by atoms with Gasteiger partial charge < -0.3 is 11.1 Å². The number of anilines is 1. The predicted molar refractivity (Wildman–Crippen MR) is 65.8 cm³/mol. The quantitative estimate of drug-likeness (QED) is 0.887. The highest BCUT2D eigenvalue weighted by Crippen LogP contribution is 2.20. The summed E-state index contributed by atoms with van der Waals surface area (Å²) >= 11 is 3.37. The van der Waals surface area contributed by atoms with Gasteiger partial charge in [0.1, 0.15) is 0 Å². The summed E-state index contributed by atoms with van der Waals surface area (Å²) in [6.45, 7) is 3.83. The monoisotopic (exact) mass is 270 g/mol. The first-order chi connectivity index (χ1) is 7.04. The van der Waals surface area contributed by atoms with Crippen molar-refractivity contribution in [2.75, 3.05) is 5.32 Å². The van der Waals surface area contributed by atoms with Gasteiger partial charge in [-0.3, -0.25) is 4.79 Å². The molecule has 0 aliphatic carbocycles. The van der Waals surface area contributed by atoms with Crippen molar-refractivity contribution in [1.29, 1.82) is 0 Å². The van der Waals surface area contributed by atoms with Crippen molar-refractivity contribution < 1.29 is 4.79 Å². The van der Waals surface area contributed by atoms with Crippen LogP contribution in [0.4, 0.5) is 5.69 Å². The molecular formula is C11H15BrN2O. The summed E-state index contributed by atoms with van der Waals surface area (Å²) in [5, 5.41) is 2.80. The van der Waals surface area contributed by atoms with E-state index >= 15 is 0 Å². The minimum atomic E-state index is -0.437. The predicted octanol–water partition coefficient (Wildman–Crippen LogP) is 2.43. The molecule has 0 saturated carbocycles. The second-order valence-corrected chi connectivity index (χ2v) is 4.38. The number of halogens is 1. The second kappa shape index (κ2) is 5.28. The lowest BCUT2D eigenvalue weighted by Crippen LogP contribution is -2.34. The molecule has 3 nitrogen and oxygen atoms in total. The number of nitrogens with one attached hydrogen (secondary N) is 1. The van der Waals surface area contributed by atoms with Gasteiger partial charge in [0.15, 0.2) is 0 Å². The number of nitrogens with two attached hydrogens (primary N) is 1. The van der Waals surface area contributed by atoms with E-state index in [2.05, 4.69) is 21.2 Å². The molecule has 1 aromatic rings. The molecule has 15 heavy (non-hydrogen) atoms. The molecule has 0 spiro atoms. The molecule has 0 aliphatic rings. The van der Waals surface area contributed by atoms with E-state index in [-0.39, 0.29) is 5.91 Å². The van der Waals surface area contributed by atoms with Gasteiger partial charge in [-0.05, 0) is 37.1 Å². The molecule has 0 bridgehead atoms. The van der Waals surface area contributed by atoms with E-state index in [0.29, 0.717) is 6.42 Å². The zero-order valence-electron chi connectivity index (χ0n) is 8.88. The molecule has 0 heterocycles. The minimum absolute atomic E-state index is 0.136. The van der Waals surface area contributed by atoms with Crippen LogP contribution in [0, 0.1) is 6.92 Å². The first-order valence-electron chi connectivity index (χ1n) is 4.87. The fourth-order valence-corrected chi connectivity index (χ4v) is 1.65. The zero-order chi connectivity index (χ0) is 11.4. The van der Waals surface area contributed by atoms with Gasteiger partial charge >= 0.3 is 0 Å². The van der Waals surface area contributed by atoms with Crippen LogP contribution in [-0.4, -0.2) is 11.9 Å². The molecule has 1 atom stereocenters. The number of aryl methyl sites for hydroxylation is 1. The van der Waals surface area contributed by atoms with Crippen LogP contribution in [-0.2, 0) is 4.79 Å². The Hall–Kier alpha value is -0.870. The maximum Gasteiger partial charge on any atom is 0.241 e. The lowest BCUT2D eigenvalue weighted by molar-refractivity contribution is -0.117. The molecule has 1 amide bonds. The van der Waals surface area contributed by atoms with Crippen LogP contribution in [0.25, 0.3) is 0 Å². The van der Waals surface area contributed by atoms with Crippen LogP contribution in [0.15, 0.2) is 22.7 Å². The number of amides is 1. The summed E-state index contributed by atoms with van der Waals surface area (Å²) in [6, 6.07) is 5.26. The Morgan fingerprint density at radius 3 is 2.80 bits per heavy atom. The fraction of sp³-hybridized carbons (Fsp3) is 0.364. The third-order valence-corrected chi connectivity index (χ3v) is 2.72. The van der Waals surface area contributed by atoms with Gasteiger partial charge in [0.25, 0.3) is 0 Å². The summed E-state index contributed by atoms with van der Waals surface area (Å²) in [4.78, 5) is 11.5.